The molecule has 1 atom stereocenters. The molecule has 0 saturated carbocycles. The highest BCUT2D eigenvalue weighted by Crippen LogP contribution is 2.28. The fourth-order valence-corrected chi connectivity index (χ4v) is 3.13. The van der Waals surface area contributed by atoms with Crippen molar-refractivity contribution in [3.8, 4) is 0 Å². The molecule has 2 amide bonds. The summed E-state index contributed by atoms with van der Waals surface area (Å²) in [4.78, 5) is 30.2. The van der Waals surface area contributed by atoms with Crippen molar-refractivity contribution in [1.29, 1.82) is 0 Å². The number of pyridine rings is 1. The van der Waals surface area contributed by atoms with E-state index in [1.165, 1.54) is 14.0 Å². The average molecular weight is 401 g/mol. The van der Waals surface area contributed by atoms with Gasteiger partial charge in [-0.15, -0.1) is 0 Å². The van der Waals surface area contributed by atoms with Crippen LogP contribution in [0.25, 0.3) is 0 Å². The fourth-order valence-electron chi connectivity index (χ4n) is 3.13. The van der Waals surface area contributed by atoms with Crippen LogP contribution in [-0.2, 0) is 15.7 Å². The Balaban J connectivity index is 2.01. The summed E-state index contributed by atoms with van der Waals surface area (Å²) in [7, 11) is 1.49. The lowest BCUT2D eigenvalue weighted by Gasteiger charge is -2.30. The first-order valence-corrected chi connectivity index (χ1v) is 9.16. The molecule has 1 fully saturated rings. The average Bonchev–Trinajstić information content (AvgIpc) is 2.85. The van der Waals surface area contributed by atoms with E-state index in [1.807, 2.05) is 0 Å². The number of nitrogens with one attached hydrogen (secondary N) is 1. The van der Waals surface area contributed by atoms with Gasteiger partial charge in [0.25, 0.3) is 11.8 Å². The Bertz CT molecular complexity index is 735. The standard InChI is InChI=1S/C19H26F3N3O3/c1-12-14(7-8-15(23-12)19(20,21)22)16(26)24-13-6-5-10-25(11-9-13)17(27)18(2,3)28-4/h7-8,13H,5-6,9-11H2,1-4H3,(H,24,26)/t13-/m0/s1. The first-order chi connectivity index (χ1) is 13.0. The van der Waals surface area contributed by atoms with E-state index in [0.717, 1.165) is 12.1 Å². The summed E-state index contributed by atoms with van der Waals surface area (Å²) >= 11 is 0. The van der Waals surface area contributed by atoms with Crippen molar-refractivity contribution in [2.45, 2.75) is 57.9 Å². The summed E-state index contributed by atoms with van der Waals surface area (Å²) in [6.07, 6.45) is -2.60. The number of likely N-dealkylation sites (tertiary alicyclic amines) is 1. The van der Waals surface area contributed by atoms with E-state index in [2.05, 4.69) is 10.3 Å². The van der Waals surface area contributed by atoms with E-state index in [0.29, 0.717) is 32.4 Å². The highest BCUT2D eigenvalue weighted by molar-refractivity contribution is 5.95. The monoisotopic (exact) mass is 401 g/mol. The summed E-state index contributed by atoms with van der Waals surface area (Å²) in [6, 6.07) is 1.79. The van der Waals surface area contributed by atoms with Gasteiger partial charge in [0.15, 0.2) is 0 Å². The molecule has 28 heavy (non-hydrogen) atoms. The van der Waals surface area contributed by atoms with Crippen molar-refractivity contribution in [1.82, 2.24) is 15.2 Å². The molecule has 2 heterocycles. The lowest BCUT2D eigenvalue weighted by molar-refractivity contribution is -0.151. The molecule has 0 bridgehead atoms. The quantitative estimate of drug-likeness (QED) is 0.842. The van der Waals surface area contributed by atoms with Crippen molar-refractivity contribution < 1.29 is 27.5 Å². The molecule has 0 radical (unpaired) electrons. The molecule has 156 valence electrons. The SMILES string of the molecule is COC(C)(C)C(=O)N1CCC[C@H](NC(=O)c2ccc(C(F)(F)F)nc2C)CC1. The van der Waals surface area contributed by atoms with Gasteiger partial charge < -0.3 is 15.0 Å². The van der Waals surface area contributed by atoms with Crippen molar-refractivity contribution >= 4 is 11.8 Å². The molecular weight excluding hydrogens is 375 g/mol. The number of carbonyl (C=O) groups excluding carboxylic acids is 2. The van der Waals surface area contributed by atoms with E-state index in [4.69, 9.17) is 4.74 Å². The lowest BCUT2D eigenvalue weighted by Crippen LogP contribution is -2.47. The van der Waals surface area contributed by atoms with Gasteiger partial charge in [-0.05, 0) is 52.2 Å². The molecular formula is C19H26F3N3O3. The number of ether oxygens (including phenoxy) is 1. The zero-order chi connectivity index (χ0) is 21.1. The van der Waals surface area contributed by atoms with Gasteiger partial charge in [-0.2, -0.15) is 13.2 Å². The van der Waals surface area contributed by atoms with Gasteiger partial charge in [0, 0.05) is 26.2 Å². The zero-order valence-corrected chi connectivity index (χ0v) is 16.5. The molecule has 0 aliphatic carbocycles. The third-order valence-corrected chi connectivity index (χ3v) is 5.00. The van der Waals surface area contributed by atoms with Crippen LogP contribution in [0.3, 0.4) is 0 Å². The number of amides is 2. The highest BCUT2D eigenvalue weighted by atomic mass is 19.4. The zero-order valence-electron chi connectivity index (χ0n) is 16.5. The molecule has 1 N–H and O–H groups in total. The molecule has 1 aromatic heterocycles. The van der Waals surface area contributed by atoms with Crippen LogP contribution in [0.15, 0.2) is 12.1 Å². The van der Waals surface area contributed by atoms with E-state index >= 15 is 0 Å². The number of alkyl halides is 3. The largest absolute Gasteiger partial charge is 0.433 e. The third kappa shape index (κ3) is 5.21. The summed E-state index contributed by atoms with van der Waals surface area (Å²) in [5.74, 6) is -0.564. The van der Waals surface area contributed by atoms with E-state index in [1.54, 1.807) is 18.7 Å². The smallest absolute Gasteiger partial charge is 0.369 e. The second-order valence-corrected chi connectivity index (χ2v) is 7.44. The first kappa shape index (κ1) is 22.1. The minimum absolute atomic E-state index is 0.0274. The molecule has 1 aliphatic heterocycles. The van der Waals surface area contributed by atoms with Gasteiger partial charge in [0.05, 0.1) is 11.3 Å². The van der Waals surface area contributed by atoms with Gasteiger partial charge in [-0.25, -0.2) is 4.98 Å². The van der Waals surface area contributed by atoms with Gasteiger partial charge in [-0.3, -0.25) is 9.59 Å². The summed E-state index contributed by atoms with van der Waals surface area (Å²) in [5.41, 5.74) is -1.79. The predicted octanol–water partition coefficient (Wildman–Crippen LogP) is 2.94. The fraction of sp³-hybridized carbons (Fsp3) is 0.632. The van der Waals surface area contributed by atoms with Crippen LogP contribution in [0.5, 0.6) is 0 Å². The Morgan fingerprint density at radius 3 is 2.46 bits per heavy atom. The van der Waals surface area contributed by atoms with Crippen molar-refractivity contribution in [2.24, 2.45) is 0 Å². The number of hydrogen-bond acceptors (Lipinski definition) is 4. The Morgan fingerprint density at radius 2 is 1.89 bits per heavy atom. The Labute approximate surface area is 162 Å². The summed E-state index contributed by atoms with van der Waals surface area (Å²) in [6.45, 7) is 5.84. The Morgan fingerprint density at radius 1 is 1.21 bits per heavy atom. The first-order valence-electron chi connectivity index (χ1n) is 9.16. The number of methoxy groups -OCH3 is 1. The normalized spacial score (nSPS) is 18.5. The minimum atomic E-state index is -4.55. The minimum Gasteiger partial charge on any atom is -0.369 e. The van der Waals surface area contributed by atoms with Crippen molar-refractivity contribution in [3.63, 3.8) is 0 Å². The van der Waals surface area contributed by atoms with E-state index in [-0.39, 0.29) is 23.2 Å². The molecule has 1 aromatic rings. The maximum atomic E-state index is 12.7. The maximum absolute atomic E-state index is 12.7. The van der Waals surface area contributed by atoms with Crippen LogP contribution in [0.4, 0.5) is 13.2 Å². The molecule has 0 aromatic carbocycles. The molecule has 1 aliphatic rings. The number of halogens is 3. The lowest BCUT2D eigenvalue weighted by atomic mass is 10.1. The van der Waals surface area contributed by atoms with Crippen molar-refractivity contribution in [3.05, 3.63) is 29.1 Å². The van der Waals surface area contributed by atoms with Crippen LogP contribution in [0.1, 0.15) is 54.9 Å². The number of aryl methyl sites for hydroxylation is 1. The van der Waals surface area contributed by atoms with Crippen LogP contribution >= 0.6 is 0 Å². The summed E-state index contributed by atoms with van der Waals surface area (Å²) < 4.78 is 43.4. The molecule has 1 saturated heterocycles. The second-order valence-electron chi connectivity index (χ2n) is 7.44. The van der Waals surface area contributed by atoms with Crippen molar-refractivity contribution in [2.75, 3.05) is 20.2 Å². The second kappa shape index (κ2) is 8.46. The van der Waals surface area contributed by atoms with Crippen LogP contribution in [-0.4, -0.2) is 53.5 Å². The predicted molar refractivity (Wildman–Crippen MR) is 96.7 cm³/mol. The van der Waals surface area contributed by atoms with Gasteiger partial charge >= 0.3 is 6.18 Å². The molecule has 0 spiro atoms. The van der Waals surface area contributed by atoms with E-state index < -0.39 is 23.4 Å². The summed E-state index contributed by atoms with van der Waals surface area (Å²) in [5, 5.41) is 2.86. The molecule has 2 rings (SSSR count). The molecule has 9 heteroatoms. The topological polar surface area (TPSA) is 71.5 Å². The maximum Gasteiger partial charge on any atom is 0.433 e. The van der Waals surface area contributed by atoms with Crippen LogP contribution in [0.2, 0.25) is 0 Å². The van der Waals surface area contributed by atoms with Crippen LogP contribution < -0.4 is 5.32 Å². The number of aromatic nitrogens is 1. The number of hydrogen-bond donors (Lipinski definition) is 1. The van der Waals surface area contributed by atoms with Crippen LogP contribution in [0, 0.1) is 6.92 Å². The third-order valence-electron chi connectivity index (χ3n) is 5.00. The van der Waals surface area contributed by atoms with E-state index in [9.17, 15) is 22.8 Å². The number of nitrogens with zero attached hydrogens (tertiary/aromatic N) is 2. The highest BCUT2D eigenvalue weighted by Gasteiger charge is 2.34. The van der Waals surface area contributed by atoms with Gasteiger partial charge in [0.1, 0.15) is 11.3 Å². The molecule has 0 unspecified atom stereocenters. The Hall–Kier alpha value is -2.16. The molecule has 6 nitrogen and oxygen atoms in total. The van der Waals surface area contributed by atoms with Gasteiger partial charge in [-0.1, -0.05) is 0 Å². The Kier molecular flexibility index (Phi) is 6.69. The number of carbonyl (C=O) groups is 2. The van der Waals surface area contributed by atoms with Gasteiger partial charge in [0.2, 0.25) is 0 Å². The number of rotatable bonds is 4.